The van der Waals surface area contributed by atoms with Crippen LogP contribution in [0.1, 0.15) is 128 Å². The lowest BCUT2D eigenvalue weighted by atomic mass is 9.86. The van der Waals surface area contributed by atoms with Crippen LogP contribution in [0.5, 0.6) is 5.75 Å². The Labute approximate surface area is 907 Å². The van der Waals surface area contributed by atoms with E-state index in [2.05, 4.69) is 98.6 Å². The lowest BCUT2D eigenvalue weighted by molar-refractivity contribution is -0.0612. The van der Waals surface area contributed by atoms with Gasteiger partial charge in [0.15, 0.2) is 25.2 Å². The summed E-state index contributed by atoms with van der Waals surface area (Å²) < 4.78 is 283. The largest absolute Gasteiger partial charge is 0.490 e. The number of nitrogens with one attached hydrogen (secondary N) is 8. The first-order valence-corrected chi connectivity index (χ1v) is 61.1. The van der Waals surface area contributed by atoms with Gasteiger partial charge in [0.1, 0.15) is 87.7 Å². The number of likely N-dealkylation sites (tertiary alicyclic amines) is 1. The minimum Gasteiger partial charge on any atom is -0.490 e. The quantitative estimate of drug-likeness (QED) is 0.0144. The van der Waals surface area contributed by atoms with Crippen LogP contribution in [-0.4, -0.2) is 258 Å². The Kier molecular flexibility index (Phi) is 39.2. The summed E-state index contributed by atoms with van der Waals surface area (Å²) in [6.07, 6.45) is 16.3. The summed E-state index contributed by atoms with van der Waals surface area (Å²) in [6, 6.07) is 14.3. The molecule has 7 heterocycles. The number of fused-ring (bicyclic) bond motifs is 2. The Bertz CT molecular complexity index is 6780. The summed E-state index contributed by atoms with van der Waals surface area (Å²) >= 11 is 35.1. The molecule has 0 spiro atoms. The van der Waals surface area contributed by atoms with Crippen LogP contribution in [0.25, 0.3) is 0 Å². The molecule has 2 aliphatic heterocycles. The summed E-state index contributed by atoms with van der Waals surface area (Å²) in [5.74, 6) is -9.53. The van der Waals surface area contributed by atoms with Crippen molar-refractivity contribution < 1.29 is 95.8 Å². The van der Waals surface area contributed by atoms with Gasteiger partial charge in [-0.2, -0.15) is 4.39 Å². The van der Waals surface area contributed by atoms with Crippen molar-refractivity contribution in [2.45, 2.75) is 225 Å². The molecule has 5 aromatic carbocycles. The van der Waals surface area contributed by atoms with Crippen molar-refractivity contribution in [1.29, 1.82) is 0 Å². The maximum Gasteiger partial charge on any atom is 0.266 e. The lowest BCUT2D eigenvalue weighted by Gasteiger charge is -2.46. The van der Waals surface area contributed by atoms with Crippen LogP contribution < -0.4 is 49.8 Å². The number of alkyl halides is 4. The second kappa shape index (κ2) is 50.1. The Morgan fingerprint density at radius 1 is 0.467 bits per heavy atom. The SMILES string of the molecule is CCN(C)[C@H]1CCCC[C@@H]1N1CCOc2cc(S(=O)(=O)Cc3nccs3)c(F)cc21.CN(C)[C@@H]1CC(F)(F)CC[C@H]1Nc1cc(F)c(S(=O)(=O)Nc2nccs2)cc1Cl.CN(C)[C@H]1CC(F)(F)CC[C@@H]1Nc1cc(F)c(S(=O)(=O)Nc2nccs2)cc1Cl.CN(C)[C@H]1CCCC[C@@H]1Nc1cc(F)c(S(=O)(=O)Nc2nc(Cl)cs2)cc1Cl.O=S(=O)(Nc1cccc(F)n1)c1cc(Cl)c(N[C@H]2CCCC[C@@H]2N2C[C@@H]3C(CO)[C@@H]3C2)cc1F. The minimum atomic E-state index is -4.36. The molecule has 10 aromatic rings. The number of aromatic nitrogens is 5. The average Bonchev–Trinajstić information content (AvgIpc) is 1.57. The van der Waals surface area contributed by atoms with Crippen LogP contribution in [-0.2, 0) is 55.7 Å². The fraction of sp³-hybridized carbons (Fsp3) is 0.505. The Morgan fingerprint density at radius 2 is 0.887 bits per heavy atom. The molecule has 7 fully saturated rings. The first kappa shape index (κ1) is 118. The number of aliphatic hydroxyl groups is 1. The number of aliphatic hydroxyl groups excluding tert-OH is 1. The van der Waals surface area contributed by atoms with Crippen molar-refractivity contribution in [3.8, 4) is 5.75 Å². The van der Waals surface area contributed by atoms with Crippen molar-refractivity contribution in [2.24, 2.45) is 17.8 Å². The number of thiazole rings is 4. The van der Waals surface area contributed by atoms with Crippen LogP contribution in [0.2, 0.25) is 25.2 Å². The summed E-state index contributed by atoms with van der Waals surface area (Å²) in [4.78, 5) is 28.7. The summed E-state index contributed by atoms with van der Waals surface area (Å²) in [5, 5.41) is 29.5. The highest BCUT2D eigenvalue weighted by Crippen LogP contribution is 2.53. The van der Waals surface area contributed by atoms with E-state index in [4.69, 9.17) is 62.7 Å². The van der Waals surface area contributed by atoms with E-state index in [1.54, 1.807) is 60.3 Å². The van der Waals surface area contributed by atoms with Crippen LogP contribution in [0, 0.1) is 52.8 Å². The van der Waals surface area contributed by atoms with E-state index < -0.39 is 141 Å². The molecule has 8 aliphatic rings. The third-order valence-electron chi connectivity index (χ3n) is 27.9. The van der Waals surface area contributed by atoms with Gasteiger partial charge in [0.25, 0.3) is 40.1 Å². The molecule has 1 saturated heterocycles. The normalized spacial score (nSPS) is 23.3. The third kappa shape index (κ3) is 29.7. The number of ether oxygens (including phenoxy) is 1. The predicted octanol–water partition coefficient (Wildman–Crippen LogP) is 20.6. The minimum absolute atomic E-state index is 0.0271. The van der Waals surface area contributed by atoms with E-state index in [-0.39, 0.29) is 138 Å². The van der Waals surface area contributed by atoms with Crippen molar-refractivity contribution in [1.82, 2.24) is 49.4 Å². The van der Waals surface area contributed by atoms with E-state index in [9.17, 15) is 86.7 Å². The molecule has 0 radical (unpaired) electrons. The lowest BCUT2D eigenvalue weighted by Crippen LogP contribution is -2.54. The van der Waals surface area contributed by atoms with Gasteiger partial charge in [-0.05, 0) is 186 Å². The van der Waals surface area contributed by atoms with Crippen molar-refractivity contribution >= 4 is 203 Å². The van der Waals surface area contributed by atoms with Crippen LogP contribution in [0.4, 0.5) is 93.6 Å². The van der Waals surface area contributed by atoms with Gasteiger partial charge >= 0.3 is 0 Å². The number of nitrogens with zero attached hydrogens (tertiary/aromatic N) is 11. The van der Waals surface area contributed by atoms with Gasteiger partial charge in [0.05, 0.1) is 55.1 Å². The number of sulfone groups is 1. The van der Waals surface area contributed by atoms with Gasteiger partial charge in [0, 0.05) is 158 Å². The highest BCUT2D eigenvalue weighted by Gasteiger charge is 2.57. The highest BCUT2D eigenvalue weighted by molar-refractivity contribution is 7.94. The molecule has 0 amide bonds. The standard InChI is InChI=1S/C23H27ClF2N4O3S.C21H28FN3O3S2.C17H21Cl2FN4O2S2.2C17H20ClF3N4O2S2/c24-16-8-21(34(32,33)29-23-7-3-6-22(26)28-23)17(25)9-19(16)27-18-4-1-2-5-20(18)30-10-13-14(11-30)15(13)12-31;1-3-24(2)16-6-4-5-7-17(16)25-9-10-28-19-13-20(15(22)12-18(19)25)30(26,27)14-21-23-8-11-29-21;1-24(2)14-6-4-3-5-12(14)21-13-8-11(20)15(7-10(13)18)28(25,26)23-17-22-16(19)9-27-17;2*1-25(2)14-9-17(20,21)4-3-12(14)23-13-8-11(19)15(7-10(13)18)29(26,27)24-16-22-5-6-28-16/h3,6-9,13-15,18,20,27,31H,1-2,4-5,10-12H2,(H,28,29);8,11-13,16-17H,3-7,9-10,14H2,1-2H3;7-9,12,14,21H,3-6H2,1-2H3,(H,22,23);2*5-8,12,14,23H,3-4,9H2,1-2H3,(H,22,24)/t13-,14+,15?,18-,20-;16-,17-;3*12-,14-/m00010/s1. The van der Waals surface area contributed by atoms with Crippen LogP contribution in [0.3, 0.4) is 0 Å². The Morgan fingerprint density at radius 3 is 1.32 bits per heavy atom. The molecule has 18 rings (SSSR count). The topological polar surface area (TPSA) is 380 Å². The van der Waals surface area contributed by atoms with Crippen molar-refractivity contribution in [3.05, 3.63) is 184 Å². The van der Waals surface area contributed by atoms with Crippen LogP contribution >= 0.6 is 103 Å². The molecule has 31 nitrogen and oxygen atoms in total. The molecule has 6 saturated carbocycles. The Hall–Kier alpha value is -7.97. The Balaban J connectivity index is 0.000000148. The molecule has 0 bridgehead atoms. The van der Waals surface area contributed by atoms with Gasteiger partial charge in [0.2, 0.25) is 17.8 Å². The van der Waals surface area contributed by atoms with Gasteiger partial charge in [-0.3, -0.25) is 23.8 Å². The number of anilines is 9. The summed E-state index contributed by atoms with van der Waals surface area (Å²) in [6.45, 7) is 6.44. The molecule has 6 aliphatic carbocycles. The number of pyridine rings is 1. The van der Waals surface area contributed by atoms with E-state index in [0.717, 1.165) is 179 Å². The smallest absolute Gasteiger partial charge is 0.266 e. The van der Waals surface area contributed by atoms with Crippen LogP contribution in [0.15, 0.2) is 143 Å². The molecule has 9 N–H and O–H groups in total. The predicted molar refractivity (Wildman–Crippen MR) is 571 cm³/mol. The number of piperidine rings is 1. The van der Waals surface area contributed by atoms with E-state index >= 15 is 4.39 Å². The molecule has 13 atom stereocenters. The second-order valence-electron chi connectivity index (χ2n) is 38.5. The molecule has 822 valence electrons. The number of benzene rings is 5. The van der Waals surface area contributed by atoms with Crippen molar-refractivity contribution in [3.63, 3.8) is 0 Å². The number of hydrogen-bond acceptors (Lipinski definition) is 31. The third-order valence-corrected chi connectivity index (χ3v) is 40.0. The first-order chi connectivity index (χ1) is 70.8. The first-order valence-electron chi connectivity index (χ1n) is 48.1. The number of hydrogen-bond donors (Lipinski definition) is 9. The second-order valence-corrected chi connectivity index (χ2v) is 52.7. The van der Waals surface area contributed by atoms with E-state index in [1.165, 1.54) is 59.8 Å². The number of sulfonamides is 4. The molecule has 1 unspecified atom stereocenters. The highest BCUT2D eigenvalue weighted by atomic mass is 35.5. The number of halogens is 15. The van der Waals surface area contributed by atoms with Gasteiger partial charge in [-0.1, -0.05) is 110 Å². The maximum absolute atomic E-state index is 15.1. The molecule has 55 heteroatoms. The van der Waals surface area contributed by atoms with Gasteiger partial charge in [-0.25, -0.2) is 107 Å². The van der Waals surface area contributed by atoms with E-state index in [1.807, 2.05) is 14.1 Å². The maximum atomic E-state index is 15.1. The molecule has 150 heavy (non-hydrogen) atoms. The fourth-order valence-corrected chi connectivity index (χ4v) is 30.7. The monoisotopic (exact) mass is 2370 g/mol. The zero-order valence-electron chi connectivity index (χ0n) is 82.4. The summed E-state index contributed by atoms with van der Waals surface area (Å²) in [7, 11) is -7.89. The zero-order chi connectivity index (χ0) is 109. The molecular weight excluding hydrogens is 2260 g/mol. The number of likely N-dealkylation sites (N-methyl/N-ethyl adjacent to an activating group) is 4. The average molecular weight is 2370 g/mol. The summed E-state index contributed by atoms with van der Waals surface area (Å²) in [5.41, 5.74) is 1.69. The zero-order valence-corrected chi connectivity index (χ0v) is 93.6. The molecular formula is C95H116Cl5F10N19O12S9. The number of rotatable bonds is 31. The van der Waals surface area contributed by atoms with Crippen molar-refractivity contribution in [2.75, 3.05) is 134 Å². The van der Waals surface area contributed by atoms with Gasteiger partial charge in [-0.15, -0.1) is 45.3 Å². The van der Waals surface area contributed by atoms with Gasteiger partial charge < -0.3 is 55.6 Å². The fourth-order valence-electron chi connectivity index (χ4n) is 20.3. The van der Waals surface area contributed by atoms with E-state index in [0.29, 0.717) is 70.8 Å². The molecule has 5 aromatic heterocycles.